The van der Waals surface area contributed by atoms with Crippen LogP contribution in [0.1, 0.15) is 61.8 Å². The van der Waals surface area contributed by atoms with Gasteiger partial charge in [0.05, 0.1) is 11.7 Å². The molecule has 1 heterocycles. The smallest absolute Gasteiger partial charge is 0.358 e. The molecule has 5 nitrogen and oxygen atoms in total. The molecule has 1 aliphatic rings. The maximum atomic E-state index is 11.1. The summed E-state index contributed by atoms with van der Waals surface area (Å²) in [4.78, 5) is 11.1. The summed E-state index contributed by atoms with van der Waals surface area (Å²) in [5, 5.41) is 16.9. The molecule has 2 rings (SSSR count). The topological polar surface area (TPSA) is 68.0 Å². The van der Waals surface area contributed by atoms with Gasteiger partial charge in [-0.1, -0.05) is 25.0 Å². The lowest BCUT2D eigenvalue weighted by atomic mass is 9.80. The van der Waals surface area contributed by atoms with Crippen LogP contribution in [0.25, 0.3) is 0 Å². The van der Waals surface area contributed by atoms with Gasteiger partial charge in [-0.05, 0) is 32.1 Å². The van der Waals surface area contributed by atoms with Crippen molar-refractivity contribution in [3.05, 3.63) is 11.4 Å². The predicted molar refractivity (Wildman–Crippen MR) is 63.0 cm³/mol. The first kappa shape index (κ1) is 12.1. The quantitative estimate of drug-likeness (QED) is 0.853. The van der Waals surface area contributed by atoms with Crippen LogP contribution in [0.15, 0.2) is 0 Å². The Balaban J connectivity index is 2.28. The molecule has 0 bridgehead atoms. The second-order valence-electron chi connectivity index (χ2n) is 4.82. The van der Waals surface area contributed by atoms with Crippen molar-refractivity contribution in [2.45, 2.75) is 52.0 Å². The van der Waals surface area contributed by atoms with Crippen molar-refractivity contribution in [2.75, 3.05) is 0 Å². The molecule has 1 N–H and O–H groups in total. The molecule has 5 heteroatoms. The van der Waals surface area contributed by atoms with Gasteiger partial charge < -0.3 is 5.11 Å². The maximum absolute atomic E-state index is 11.1. The number of carboxylic acid groups (broad SMARTS) is 1. The maximum Gasteiger partial charge on any atom is 0.358 e. The van der Waals surface area contributed by atoms with Crippen molar-refractivity contribution >= 4 is 5.97 Å². The van der Waals surface area contributed by atoms with Gasteiger partial charge in [-0.25, -0.2) is 9.48 Å². The number of nitrogens with zero attached hydrogens (tertiary/aromatic N) is 3. The Kier molecular flexibility index (Phi) is 3.45. The molecule has 94 valence electrons. The summed E-state index contributed by atoms with van der Waals surface area (Å²) in [5.74, 6) is -0.338. The highest BCUT2D eigenvalue weighted by Crippen LogP contribution is 2.36. The normalized spacial score (nSPS) is 17.8. The fourth-order valence-electron chi connectivity index (χ4n) is 2.40. The molecule has 0 spiro atoms. The molecule has 0 amide bonds. The molecule has 0 aliphatic heterocycles. The van der Waals surface area contributed by atoms with Crippen LogP contribution in [0.3, 0.4) is 0 Å². The number of carbonyl (C=O) groups is 1. The lowest BCUT2D eigenvalue weighted by Gasteiger charge is -2.32. The molecule has 1 unspecified atom stereocenters. The monoisotopic (exact) mass is 237 g/mol. The Morgan fingerprint density at radius 3 is 2.76 bits per heavy atom. The van der Waals surface area contributed by atoms with Gasteiger partial charge >= 0.3 is 5.97 Å². The van der Waals surface area contributed by atoms with E-state index in [1.54, 1.807) is 0 Å². The van der Waals surface area contributed by atoms with E-state index in [-0.39, 0.29) is 11.7 Å². The molecule has 0 saturated heterocycles. The first-order chi connectivity index (χ1) is 8.15. The van der Waals surface area contributed by atoms with E-state index >= 15 is 0 Å². The number of rotatable bonds is 5. The van der Waals surface area contributed by atoms with Crippen LogP contribution < -0.4 is 0 Å². The molecule has 1 atom stereocenters. The lowest BCUT2D eigenvalue weighted by Crippen LogP contribution is -2.25. The molecule has 1 aliphatic carbocycles. The van der Waals surface area contributed by atoms with Crippen molar-refractivity contribution < 1.29 is 9.90 Å². The Labute approximate surface area is 101 Å². The minimum Gasteiger partial charge on any atom is -0.476 e. The first-order valence-electron chi connectivity index (χ1n) is 6.32. The highest BCUT2D eigenvalue weighted by atomic mass is 16.4. The van der Waals surface area contributed by atoms with E-state index in [2.05, 4.69) is 17.2 Å². The lowest BCUT2D eigenvalue weighted by molar-refractivity contribution is 0.0689. The molecule has 1 saturated carbocycles. The summed E-state index contributed by atoms with van der Waals surface area (Å²) in [6.07, 6.45) is 5.35. The highest BCUT2D eigenvalue weighted by Gasteiger charge is 2.29. The standard InChI is InChI=1S/C12H19N3O2/c1-3-5-10-11(12(16)17)13-14-15(10)8(2)9-6-4-7-9/h8-9H,3-7H2,1-2H3,(H,16,17). The summed E-state index contributed by atoms with van der Waals surface area (Å²) in [7, 11) is 0. The Morgan fingerprint density at radius 1 is 1.59 bits per heavy atom. The average molecular weight is 237 g/mol. The van der Waals surface area contributed by atoms with Gasteiger partial charge in [0.25, 0.3) is 0 Å². The molecular weight excluding hydrogens is 218 g/mol. The largest absolute Gasteiger partial charge is 0.476 e. The summed E-state index contributed by atoms with van der Waals surface area (Å²) in [5.41, 5.74) is 0.900. The number of hydrogen-bond donors (Lipinski definition) is 1. The Morgan fingerprint density at radius 2 is 2.29 bits per heavy atom. The zero-order valence-corrected chi connectivity index (χ0v) is 10.4. The van der Waals surface area contributed by atoms with Gasteiger partial charge in [0.15, 0.2) is 5.69 Å². The summed E-state index contributed by atoms with van der Waals surface area (Å²) in [6.45, 7) is 4.15. The van der Waals surface area contributed by atoms with Crippen molar-refractivity contribution in [3.63, 3.8) is 0 Å². The summed E-state index contributed by atoms with van der Waals surface area (Å²) < 4.78 is 1.83. The fourth-order valence-corrected chi connectivity index (χ4v) is 2.40. The van der Waals surface area contributed by atoms with Gasteiger partial charge in [-0.15, -0.1) is 5.10 Å². The van der Waals surface area contributed by atoms with Crippen LogP contribution in [0, 0.1) is 5.92 Å². The first-order valence-corrected chi connectivity index (χ1v) is 6.32. The van der Waals surface area contributed by atoms with Crippen LogP contribution in [-0.2, 0) is 6.42 Å². The van der Waals surface area contributed by atoms with Crippen molar-refractivity contribution in [1.82, 2.24) is 15.0 Å². The Bertz CT molecular complexity index is 410. The molecule has 1 aromatic rings. The summed E-state index contributed by atoms with van der Waals surface area (Å²) >= 11 is 0. The SMILES string of the molecule is CCCc1c(C(=O)O)nnn1C(C)C1CCC1. The van der Waals surface area contributed by atoms with Crippen molar-refractivity contribution in [1.29, 1.82) is 0 Å². The third-order valence-electron chi connectivity index (χ3n) is 3.70. The zero-order chi connectivity index (χ0) is 12.4. The van der Waals surface area contributed by atoms with Gasteiger partial charge in [-0.3, -0.25) is 0 Å². The van der Waals surface area contributed by atoms with Crippen LogP contribution in [0.2, 0.25) is 0 Å². The van der Waals surface area contributed by atoms with Gasteiger partial charge in [0.2, 0.25) is 0 Å². The predicted octanol–water partition coefficient (Wildman–Crippen LogP) is 2.29. The molecule has 1 fully saturated rings. The molecule has 0 aromatic carbocycles. The van der Waals surface area contributed by atoms with E-state index in [0.717, 1.165) is 18.5 Å². The van der Waals surface area contributed by atoms with Crippen molar-refractivity contribution in [2.24, 2.45) is 5.92 Å². The number of hydrogen-bond acceptors (Lipinski definition) is 3. The van der Waals surface area contributed by atoms with E-state index in [0.29, 0.717) is 5.92 Å². The molecule has 0 radical (unpaired) electrons. The van der Waals surface area contributed by atoms with Crippen LogP contribution >= 0.6 is 0 Å². The minimum atomic E-state index is -0.972. The van der Waals surface area contributed by atoms with Crippen LogP contribution in [-0.4, -0.2) is 26.1 Å². The molecule has 17 heavy (non-hydrogen) atoms. The van der Waals surface area contributed by atoms with E-state index in [1.807, 2.05) is 11.6 Å². The zero-order valence-electron chi connectivity index (χ0n) is 10.4. The van der Waals surface area contributed by atoms with Gasteiger partial charge in [-0.2, -0.15) is 0 Å². The molecule has 1 aromatic heterocycles. The Hall–Kier alpha value is -1.39. The van der Waals surface area contributed by atoms with Crippen LogP contribution in [0.4, 0.5) is 0 Å². The fraction of sp³-hybridized carbons (Fsp3) is 0.750. The molecular formula is C12H19N3O2. The van der Waals surface area contributed by atoms with Crippen molar-refractivity contribution in [3.8, 4) is 0 Å². The van der Waals surface area contributed by atoms with E-state index in [1.165, 1.54) is 19.3 Å². The average Bonchev–Trinajstić information content (AvgIpc) is 2.59. The van der Waals surface area contributed by atoms with E-state index in [4.69, 9.17) is 5.11 Å². The third-order valence-corrected chi connectivity index (χ3v) is 3.70. The van der Waals surface area contributed by atoms with Gasteiger partial charge in [0.1, 0.15) is 0 Å². The second kappa shape index (κ2) is 4.85. The number of aromatic carboxylic acids is 1. The minimum absolute atomic E-state index is 0.123. The van der Waals surface area contributed by atoms with E-state index in [9.17, 15) is 4.79 Å². The van der Waals surface area contributed by atoms with Crippen LogP contribution in [0.5, 0.6) is 0 Å². The highest BCUT2D eigenvalue weighted by molar-refractivity contribution is 5.86. The number of aromatic nitrogens is 3. The number of carboxylic acids is 1. The summed E-state index contributed by atoms with van der Waals surface area (Å²) in [6, 6.07) is 0.269. The van der Waals surface area contributed by atoms with Gasteiger partial charge in [0, 0.05) is 0 Å². The third kappa shape index (κ3) is 2.18. The van der Waals surface area contributed by atoms with E-state index < -0.39 is 5.97 Å². The second-order valence-corrected chi connectivity index (χ2v) is 4.82.